The minimum atomic E-state index is 0. The number of aromatic nitrogens is 2. The molecule has 0 saturated heterocycles. The summed E-state index contributed by atoms with van der Waals surface area (Å²) >= 11 is 0. The Morgan fingerprint density at radius 3 is 1.00 bits per heavy atom. The van der Waals surface area contributed by atoms with Gasteiger partial charge < -0.3 is 0 Å². The molecule has 2 nitrogen and oxygen atoms in total. The molecule has 0 saturated carbocycles. The Kier molecular flexibility index (Phi) is 121. The van der Waals surface area contributed by atoms with Crippen molar-refractivity contribution in [3.05, 3.63) is 24.8 Å². The van der Waals surface area contributed by atoms with E-state index in [0.29, 0.717) is 5.41 Å². The van der Waals surface area contributed by atoms with Gasteiger partial charge >= 0.3 is 0 Å². The van der Waals surface area contributed by atoms with E-state index in [4.69, 9.17) is 0 Å². The van der Waals surface area contributed by atoms with Crippen LogP contribution in [0.5, 0.6) is 0 Å². The maximum atomic E-state index is 3.67. The number of rotatable bonds is 0. The van der Waals surface area contributed by atoms with Crippen molar-refractivity contribution in [1.82, 2.24) is 9.97 Å². The van der Waals surface area contributed by atoms with E-state index in [1.54, 1.807) is 18.5 Å². The van der Waals surface area contributed by atoms with Gasteiger partial charge in [0.2, 0.25) is 0 Å². The van der Waals surface area contributed by atoms with E-state index in [-0.39, 0.29) is 52.0 Å². The Labute approximate surface area is 140 Å². The molecule has 0 aliphatic heterocycles. The molecule has 21 heavy (non-hydrogen) atoms. The zero-order chi connectivity index (χ0) is 11.4. The lowest BCUT2D eigenvalue weighted by Gasteiger charge is -2.12. The molecule has 0 bridgehead atoms. The van der Waals surface area contributed by atoms with Crippen LogP contribution in [0.4, 0.5) is 0 Å². The van der Waals surface area contributed by atoms with Gasteiger partial charge in [0.05, 0.1) is 0 Å². The molecule has 0 aliphatic rings. The number of nitrogens with zero attached hydrogens (tertiary/aromatic N) is 2. The zero-order valence-electron chi connectivity index (χ0n) is 10.4. The molecule has 0 atom stereocenters. The van der Waals surface area contributed by atoms with Crippen LogP contribution in [0, 0.1) is 5.41 Å². The van der Waals surface area contributed by atoms with Crippen molar-refractivity contribution >= 4 is 0 Å². The van der Waals surface area contributed by atoms with Gasteiger partial charge in [-0.2, -0.15) is 0 Å². The van der Waals surface area contributed by atoms with Gasteiger partial charge in [-0.15, -0.1) is 0 Å². The van der Waals surface area contributed by atoms with Gasteiger partial charge in [-0.05, 0) is 11.5 Å². The van der Waals surface area contributed by atoms with Crippen molar-refractivity contribution in [2.45, 2.75) is 99.9 Å². The first-order valence-corrected chi connectivity index (χ1v) is 5.26. The molecule has 138 valence electrons. The third-order valence-corrected chi connectivity index (χ3v) is 1.54. The maximum Gasteiger partial charge on any atom is 0.115 e. The van der Waals surface area contributed by atoms with E-state index in [2.05, 4.69) is 37.7 Å². The molecule has 0 N–H and O–H groups in total. The third-order valence-electron chi connectivity index (χ3n) is 1.54. The Morgan fingerprint density at radius 1 is 0.714 bits per heavy atom. The monoisotopic (exact) mass is 308 g/mol. The summed E-state index contributed by atoms with van der Waals surface area (Å²) in [6.45, 7) is 12.9. The van der Waals surface area contributed by atoms with E-state index >= 15 is 0 Å². The van der Waals surface area contributed by atoms with Crippen molar-refractivity contribution in [3.63, 3.8) is 0 Å². The fourth-order valence-electron chi connectivity index (χ4n) is 0.253. The Morgan fingerprint density at radius 2 is 0.952 bits per heavy atom. The van der Waals surface area contributed by atoms with Crippen molar-refractivity contribution < 1.29 is 0 Å². The molecular weight excluding hydrogens is 256 g/mol. The normalized spacial score (nSPS) is 6.00. The fraction of sp³-hybridized carbons (Fsp3) is 0.789. The van der Waals surface area contributed by atoms with E-state index in [1.807, 2.05) is 13.8 Å². The highest BCUT2D eigenvalue weighted by atomic mass is 14.8. The average molecular weight is 309 g/mol. The van der Waals surface area contributed by atoms with Gasteiger partial charge in [0.25, 0.3) is 0 Å². The quantitative estimate of drug-likeness (QED) is 0.480. The summed E-state index contributed by atoms with van der Waals surface area (Å²) in [6, 6.07) is 1.78. The first-order chi connectivity index (χ1) is 6.56. The number of hydrogen-bond acceptors (Lipinski definition) is 2. The van der Waals surface area contributed by atoms with Crippen LogP contribution in [0.2, 0.25) is 0 Å². The predicted molar refractivity (Wildman–Crippen MR) is 110 cm³/mol. The Hall–Kier alpha value is -0.920. The van der Waals surface area contributed by atoms with Gasteiger partial charge in [-0.3, -0.25) is 0 Å². The molecule has 0 spiro atoms. The van der Waals surface area contributed by atoms with Gasteiger partial charge in [0.1, 0.15) is 6.33 Å². The molecule has 0 aromatic carbocycles. The molecule has 1 aromatic heterocycles. The molecule has 2 heteroatoms. The smallest absolute Gasteiger partial charge is 0.115 e. The molecular formula is C19H52N2. The highest BCUT2D eigenvalue weighted by Gasteiger charge is 2.03. The molecule has 0 radical (unpaired) electrons. The summed E-state index contributed by atoms with van der Waals surface area (Å²) in [5, 5.41) is 0. The van der Waals surface area contributed by atoms with E-state index in [1.165, 1.54) is 12.7 Å². The van der Waals surface area contributed by atoms with Crippen LogP contribution < -0.4 is 0 Å². The van der Waals surface area contributed by atoms with Gasteiger partial charge in [-0.1, -0.05) is 99.9 Å². The van der Waals surface area contributed by atoms with Crippen molar-refractivity contribution in [2.24, 2.45) is 5.41 Å². The first kappa shape index (κ1) is 59.5. The van der Waals surface area contributed by atoms with Crippen LogP contribution in [0.15, 0.2) is 24.8 Å². The van der Waals surface area contributed by atoms with Crippen LogP contribution >= 0.6 is 0 Å². The van der Waals surface area contributed by atoms with Crippen LogP contribution in [-0.2, 0) is 0 Å². The molecule has 1 heterocycles. The third kappa shape index (κ3) is 85.3. The topological polar surface area (TPSA) is 25.8 Å². The van der Waals surface area contributed by atoms with E-state index in [0.717, 1.165) is 0 Å². The highest BCUT2D eigenvalue weighted by molar-refractivity contribution is 4.74. The van der Waals surface area contributed by atoms with E-state index in [9.17, 15) is 0 Å². The molecule has 0 fully saturated rings. The van der Waals surface area contributed by atoms with Crippen molar-refractivity contribution in [1.29, 1.82) is 0 Å². The van der Waals surface area contributed by atoms with Crippen LogP contribution in [-0.4, -0.2) is 9.97 Å². The van der Waals surface area contributed by atoms with Crippen molar-refractivity contribution in [3.8, 4) is 0 Å². The van der Waals surface area contributed by atoms with Gasteiger partial charge in [-0.25, -0.2) is 9.97 Å². The maximum absolute atomic E-state index is 3.67. The zero-order valence-corrected chi connectivity index (χ0v) is 10.4. The van der Waals surface area contributed by atoms with Crippen LogP contribution in [0.1, 0.15) is 99.9 Å². The summed E-state index contributed by atoms with van der Waals surface area (Å²) in [5.41, 5.74) is 0.542. The minimum absolute atomic E-state index is 0. The second kappa shape index (κ2) is 42.7. The summed E-state index contributed by atoms with van der Waals surface area (Å²) in [4.78, 5) is 7.35. The van der Waals surface area contributed by atoms with Crippen LogP contribution in [0.25, 0.3) is 0 Å². The Balaban J connectivity index is -0.0000000135. The molecule has 1 rings (SSSR count). The summed E-state index contributed by atoms with van der Waals surface area (Å²) < 4.78 is 0. The highest BCUT2D eigenvalue weighted by Crippen LogP contribution is 2.16. The summed E-state index contributed by atoms with van der Waals surface area (Å²) in [5.74, 6) is 0. The molecule has 0 unspecified atom stereocenters. The lowest BCUT2D eigenvalue weighted by atomic mass is 9.94. The summed E-state index contributed by atoms with van der Waals surface area (Å²) in [6.07, 6.45) is 6.15. The minimum Gasteiger partial charge on any atom is -0.245 e. The fourth-order valence-corrected chi connectivity index (χ4v) is 0.253. The SMILES string of the molecule is C.C.C.C.C.C.C.CC.CCC(C)(C)C.c1cncnc1. The lowest BCUT2D eigenvalue weighted by Crippen LogP contribution is -2.00. The lowest BCUT2D eigenvalue weighted by molar-refractivity contribution is 0.398. The second-order valence-electron chi connectivity index (χ2n) is 3.82. The van der Waals surface area contributed by atoms with Crippen LogP contribution in [0.3, 0.4) is 0 Å². The van der Waals surface area contributed by atoms with Gasteiger partial charge in [0.15, 0.2) is 0 Å². The molecule has 0 aliphatic carbocycles. The standard InChI is InChI=1S/C6H14.C4H4N2.C2H6.7CH4/c1-5-6(2,3)4;1-2-5-4-6-3-1;1-2;;;;;;;/h5H2,1-4H3;1-4H;1-2H3;7*1H4. The number of hydrogen-bond donors (Lipinski definition) is 0. The first-order valence-electron chi connectivity index (χ1n) is 5.26. The molecule has 1 aromatic rings. The van der Waals surface area contributed by atoms with Gasteiger partial charge in [0, 0.05) is 12.4 Å². The molecule has 0 amide bonds. The summed E-state index contributed by atoms with van der Waals surface area (Å²) in [7, 11) is 0. The predicted octanol–water partition coefficient (Wildman–Crippen LogP) is 8.40. The van der Waals surface area contributed by atoms with Crippen molar-refractivity contribution in [2.75, 3.05) is 0 Å². The average Bonchev–Trinajstić information content (AvgIpc) is 2.23. The second-order valence-corrected chi connectivity index (χ2v) is 3.82. The van der Waals surface area contributed by atoms with E-state index < -0.39 is 0 Å². The Bertz CT molecular complexity index is 152. The largest absolute Gasteiger partial charge is 0.245 e.